The summed E-state index contributed by atoms with van der Waals surface area (Å²) in [5.41, 5.74) is 0. The number of hydrogen-bond acceptors (Lipinski definition) is 5. The monoisotopic (exact) mass is 199 g/mol. The van der Waals surface area contributed by atoms with Crippen LogP contribution < -0.4 is 0 Å². The summed E-state index contributed by atoms with van der Waals surface area (Å²) in [5, 5.41) is 0. The van der Waals surface area contributed by atoms with E-state index in [4.69, 9.17) is 4.74 Å². The van der Waals surface area contributed by atoms with Crippen molar-refractivity contribution in [1.82, 2.24) is 0 Å². The van der Waals surface area contributed by atoms with Gasteiger partial charge in [-0.15, -0.1) is 0 Å². The number of nitrogens with zero attached hydrogens (tertiary/aromatic N) is 1. The van der Waals surface area contributed by atoms with E-state index >= 15 is 0 Å². The highest BCUT2D eigenvalue weighted by atomic mass is 16.6. The topological polar surface area (TPSA) is 65.0 Å². The number of aliphatic imine (C=N–C) groups is 1. The smallest absolute Gasteiger partial charge is 0.330 e. The van der Waals surface area contributed by atoms with Gasteiger partial charge in [0.25, 0.3) is 0 Å². The van der Waals surface area contributed by atoms with Crippen LogP contribution in [0.15, 0.2) is 17.6 Å². The average Bonchev–Trinajstić information content (AvgIpc) is 2.21. The summed E-state index contributed by atoms with van der Waals surface area (Å²) in [6.07, 6.45) is 2.31. The summed E-state index contributed by atoms with van der Waals surface area (Å²) in [5.74, 6) is -0.479. The van der Waals surface area contributed by atoms with Crippen molar-refractivity contribution in [3.8, 4) is 0 Å². The third-order valence-corrected chi connectivity index (χ3v) is 1.31. The Morgan fingerprint density at radius 2 is 2.36 bits per heavy atom. The van der Waals surface area contributed by atoms with Gasteiger partial charge in [-0.1, -0.05) is 6.58 Å². The zero-order valence-electron chi connectivity index (χ0n) is 8.06. The van der Waals surface area contributed by atoms with Gasteiger partial charge in [-0.3, -0.25) is 0 Å². The zero-order valence-corrected chi connectivity index (χ0v) is 8.06. The fourth-order valence-corrected chi connectivity index (χ4v) is 0.669. The van der Waals surface area contributed by atoms with E-state index in [9.17, 15) is 9.59 Å². The molecule has 0 aromatic rings. The van der Waals surface area contributed by atoms with Crippen molar-refractivity contribution in [2.75, 3.05) is 19.8 Å². The first-order chi connectivity index (χ1) is 6.70. The lowest BCUT2D eigenvalue weighted by Crippen LogP contribution is -2.16. The Morgan fingerprint density at radius 1 is 1.64 bits per heavy atom. The SMILES string of the molecule is C=CC(=O)OCCOC(C)CN=C=O. The minimum Gasteiger partial charge on any atom is -0.460 e. The third-order valence-electron chi connectivity index (χ3n) is 1.31. The molecule has 0 bridgehead atoms. The Hall–Kier alpha value is -1.45. The lowest BCUT2D eigenvalue weighted by atomic mass is 10.4. The molecule has 0 aromatic heterocycles. The van der Waals surface area contributed by atoms with Gasteiger partial charge in [-0.25, -0.2) is 14.6 Å². The molecule has 0 fully saturated rings. The first-order valence-electron chi connectivity index (χ1n) is 4.15. The molecule has 0 aliphatic rings. The highest BCUT2D eigenvalue weighted by Gasteiger charge is 2.01. The normalized spacial score (nSPS) is 11.2. The molecule has 0 saturated heterocycles. The Balaban J connectivity index is 3.39. The molecule has 78 valence electrons. The van der Waals surface area contributed by atoms with Crippen molar-refractivity contribution in [2.45, 2.75) is 13.0 Å². The third kappa shape index (κ3) is 7.21. The van der Waals surface area contributed by atoms with E-state index in [1.807, 2.05) is 0 Å². The summed E-state index contributed by atoms with van der Waals surface area (Å²) in [4.78, 5) is 23.6. The Bertz CT molecular complexity index is 233. The molecule has 0 spiro atoms. The lowest BCUT2D eigenvalue weighted by molar-refractivity contribution is -0.139. The molecule has 0 radical (unpaired) electrons. The standard InChI is InChI=1S/C9H13NO4/c1-3-9(12)14-5-4-13-8(2)6-10-7-11/h3,8H,1,4-6H2,2H3. The van der Waals surface area contributed by atoms with Gasteiger partial charge in [0.15, 0.2) is 0 Å². The molecule has 0 aliphatic heterocycles. The first kappa shape index (κ1) is 12.6. The van der Waals surface area contributed by atoms with Gasteiger partial charge in [-0.2, -0.15) is 0 Å². The van der Waals surface area contributed by atoms with Crippen LogP contribution in [0.3, 0.4) is 0 Å². The molecule has 0 rings (SSSR count). The van der Waals surface area contributed by atoms with Gasteiger partial charge in [0.05, 0.1) is 19.3 Å². The lowest BCUT2D eigenvalue weighted by Gasteiger charge is -2.09. The van der Waals surface area contributed by atoms with Crippen LogP contribution in [0.5, 0.6) is 0 Å². The number of ether oxygens (including phenoxy) is 2. The molecule has 1 unspecified atom stereocenters. The fourth-order valence-electron chi connectivity index (χ4n) is 0.669. The number of hydrogen-bond donors (Lipinski definition) is 0. The second kappa shape index (κ2) is 8.16. The summed E-state index contributed by atoms with van der Waals surface area (Å²) in [7, 11) is 0. The maximum atomic E-state index is 10.6. The van der Waals surface area contributed by atoms with Crippen LogP contribution in [0.4, 0.5) is 0 Å². The zero-order chi connectivity index (χ0) is 10.8. The Kier molecular flexibility index (Phi) is 7.32. The maximum Gasteiger partial charge on any atom is 0.330 e. The van der Waals surface area contributed by atoms with Crippen molar-refractivity contribution in [1.29, 1.82) is 0 Å². The van der Waals surface area contributed by atoms with Crippen molar-refractivity contribution in [3.05, 3.63) is 12.7 Å². The van der Waals surface area contributed by atoms with E-state index in [1.54, 1.807) is 6.92 Å². The van der Waals surface area contributed by atoms with Gasteiger partial charge >= 0.3 is 5.97 Å². The second-order valence-electron chi connectivity index (χ2n) is 2.49. The van der Waals surface area contributed by atoms with Crippen molar-refractivity contribution in [2.24, 2.45) is 4.99 Å². The number of carbonyl (C=O) groups is 1. The number of rotatable bonds is 7. The Morgan fingerprint density at radius 3 is 2.93 bits per heavy atom. The molecule has 0 saturated carbocycles. The maximum absolute atomic E-state index is 10.6. The number of esters is 1. The van der Waals surface area contributed by atoms with Crippen LogP contribution in [0, 0.1) is 0 Å². The molecule has 1 atom stereocenters. The molecule has 14 heavy (non-hydrogen) atoms. The van der Waals surface area contributed by atoms with E-state index in [-0.39, 0.29) is 25.9 Å². The average molecular weight is 199 g/mol. The molecule has 5 nitrogen and oxygen atoms in total. The van der Waals surface area contributed by atoms with E-state index in [0.717, 1.165) is 6.08 Å². The molecule has 0 aliphatic carbocycles. The number of isocyanates is 1. The summed E-state index contributed by atoms with van der Waals surface area (Å²) in [6, 6.07) is 0. The van der Waals surface area contributed by atoms with Crippen molar-refractivity contribution >= 4 is 12.0 Å². The van der Waals surface area contributed by atoms with E-state index in [1.165, 1.54) is 6.08 Å². The quantitative estimate of drug-likeness (QED) is 0.196. The highest BCUT2D eigenvalue weighted by Crippen LogP contribution is 1.91. The van der Waals surface area contributed by atoms with E-state index in [0.29, 0.717) is 0 Å². The molecule has 0 N–H and O–H groups in total. The largest absolute Gasteiger partial charge is 0.460 e. The molecule has 0 heterocycles. The first-order valence-corrected chi connectivity index (χ1v) is 4.15. The fraction of sp³-hybridized carbons (Fsp3) is 0.556. The minimum absolute atomic E-state index is 0.167. The molecule has 5 heteroatoms. The van der Waals surface area contributed by atoms with Gasteiger partial charge < -0.3 is 9.47 Å². The van der Waals surface area contributed by atoms with Gasteiger partial charge in [0, 0.05) is 6.08 Å². The van der Waals surface area contributed by atoms with E-state index in [2.05, 4.69) is 16.3 Å². The van der Waals surface area contributed by atoms with Gasteiger partial charge in [0.2, 0.25) is 6.08 Å². The predicted octanol–water partition coefficient (Wildman–Crippen LogP) is 0.456. The summed E-state index contributed by atoms with van der Waals surface area (Å²) < 4.78 is 9.81. The molecule has 0 amide bonds. The minimum atomic E-state index is -0.479. The van der Waals surface area contributed by atoms with Crippen LogP contribution >= 0.6 is 0 Å². The Labute approximate surface area is 82.4 Å². The van der Waals surface area contributed by atoms with Crippen LogP contribution in [0.25, 0.3) is 0 Å². The molecule has 0 aromatic carbocycles. The van der Waals surface area contributed by atoms with Crippen LogP contribution in [-0.2, 0) is 19.1 Å². The van der Waals surface area contributed by atoms with Gasteiger partial charge in [-0.05, 0) is 6.92 Å². The molecular formula is C9H13NO4. The highest BCUT2D eigenvalue weighted by molar-refractivity contribution is 5.81. The number of carbonyl (C=O) groups excluding carboxylic acids is 2. The van der Waals surface area contributed by atoms with Crippen LogP contribution in [0.2, 0.25) is 0 Å². The van der Waals surface area contributed by atoms with Gasteiger partial charge in [0.1, 0.15) is 6.61 Å². The summed E-state index contributed by atoms with van der Waals surface area (Å²) in [6.45, 7) is 5.70. The predicted molar refractivity (Wildman–Crippen MR) is 49.6 cm³/mol. The van der Waals surface area contributed by atoms with Crippen LogP contribution in [0.1, 0.15) is 6.92 Å². The summed E-state index contributed by atoms with van der Waals surface area (Å²) >= 11 is 0. The second-order valence-corrected chi connectivity index (χ2v) is 2.49. The molecular weight excluding hydrogens is 186 g/mol. The van der Waals surface area contributed by atoms with Crippen molar-refractivity contribution < 1.29 is 19.1 Å². The van der Waals surface area contributed by atoms with E-state index < -0.39 is 5.97 Å². The van der Waals surface area contributed by atoms with Crippen molar-refractivity contribution in [3.63, 3.8) is 0 Å². The van der Waals surface area contributed by atoms with Crippen LogP contribution in [-0.4, -0.2) is 37.9 Å².